The van der Waals surface area contributed by atoms with Gasteiger partial charge in [-0.3, -0.25) is 4.79 Å². The van der Waals surface area contributed by atoms with E-state index < -0.39 is 42.0 Å². The molecule has 1 N–H and O–H groups in total. The van der Waals surface area contributed by atoms with Gasteiger partial charge in [-0.25, -0.2) is 16.8 Å². The second-order valence-corrected chi connectivity index (χ2v) is 16.8. The minimum Gasteiger partial charge on any atom is -0.489 e. The van der Waals surface area contributed by atoms with Gasteiger partial charge in [0.1, 0.15) is 22.7 Å². The molecule has 2 saturated heterocycles. The lowest BCUT2D eigenvalue weighted by Gasteiger charge is -2.44. The molecule has 0 bridgehead atoms. The fourth-order valence-corrected chi connectivity index (χ4v) is 11.2. The SMILES string of the molecule is O=C(N1CC[C@@]2(S(=O)(=O)c3ccccc3)c3ccc(OCc4c(Cl)cccc4Cl)cc3CC[C@@H]12)C1(O)CCS(=O)(=O)CC1. The average molecular weight is 665 g/mol. The maximum Gasteiger partial charge on any atom is 0.254 e. The monoisotopic (exact) mass is 663 g/mol. The first-order valence-corrected chi connectivity index (χ1v) is 18.2. The van der Waals surface area contributed by atoms with Crippen LogP contribution in [0.25, 0.3) is 0 Å². The molecule has 228 valence electrons. The van der Waals surface area contributed by atoms with E-state index in [0.717, 1.165) is 5.56 Å². The van der Waals surface area contributed by atoms with E-state index in [4.69, 9.17) is 27.9 Å². The van der Waals surface area contributed by atoms with Crippen LogP contribution < -0.4 is 4.74 Å². The highest BCUT2D eigenvalue weighted by Crippen LogP contribution is 2.53. The summed E-state index contributed by atoms with van der Waals surface area (Å²) in [6.07, 6.45) is 0.550. The van der Waals surface area contributed by atoms with Gasteiger partial charge in [-0.1, -0.05) is 53.5 Å². The lowest BCUT2D eigenvalue weighted by molar-refractivity contribution is -0.153. The summed E-state index contributed by atoms with van der Waals surface area (Å²) < 4.78 is 57.8. The number of hydrogen-bond acceptors (Lipinski definition) is 7. The quantitative estimate of drug-likeness (QED) is 0.405. The molecule has 0 unspecified atom stereocenters. The van der Waals surface area contributed by atoms with Crippen LogP contribution in [0.3, 0.4) is 0 Å². The number of ether oxygens (including phenoxy) is 1. The molecule has 2 atom stereocenters. The normalized spacial score (nSPS) is 24.2. The lowest BCUT2D eigenvalue weighted by atomic mass is 9.78. The minimum absolute atomic E-state index is 0.118. The summed E-state index contributed by atoms with van der Waals surface area (Å²) in [5, 5.41) is 12.3. The second-order valence-electron chi connectivity index (χ2n) is 11.5. The van der Waals surface area contributed by atoms with Crippen molar-refractivity contribution in [3.8, 4) is 5.75 Å². The van der Waals surface area contributed by atoms with Crippen LogP contribution in [-0.4, -0.2) is 62.4 Å². The van der Waals surface area contributed by atoms with Gasteiger partial charge in [-0.2, -0.15) is 0 Å². The summed E-state index contributed by atoms with van der Waals surface area (Å²) in [4.78, 5) is 15.5. The molecule has 3 aliphatic rings. The summed E-state index contributed by atoms with van der Waals surface area (Å²) in [7, 11) is -7.37. The van der Waals surface area contributed by atoms with Gasteiger partial charge in [-0.15, -0.1) is 0 Å². The summed E-state index contributed by atoms with van der Waals surface area (Å²) in [6, 6.07) is 18.0. The lowest BCUT2D eigenvalue weighted by Crippen LogP contribution is -2.58. The van der Waals surface area contributed by atoms with Crippen molar-refractivity contribution in [2.45, 2.75) is 60.0 Å². The molecular formula is C31H31Cl2NO7S2. The number of likely N-dealkylation sites (tertiary alicyclic amines) is 1. The molecule has 0 spiro atoms. The van der Waals surface area contributed by atoms with Gasteiger partial charge in [0.2, 0.25) is 0 Å². The Bertz CT molecular complexity index is 1760. The maximum absolute atomic E-state index is 14.6. The highest BCUT2D eigenvalue weighted by atomic mass is 35.5. The fraction of sp³-hybridized carbons (Fsp3) is 0.387. The van der Waals surface area contributed by atoms with E-state index in [1.165, 1.54) is 4.90 Å². The molecule has 43 heavy (non-hydrogen) atoms. The molecular weight excluding hydrogens is 633 g/mol. The highest BCUT2D eigenvalue weighted by molar-refractivity contribution is 7.92. The van der Waals surface area contributed by atoms with Crippen LogP contribution in [0, 0.1) is 0 Å². The summed E-state index contributed by atoms with van der Waals surface area (Å²) in [5.41, 5.74) is 0.195. The van der Waals surface area contributed by atoms with E-state index in [-0.39, 0.29) is 48.8 Å². The van der Waals surface area contributed by atoms with Crippen LogP contribution in [0.4, 0.5) is 0 Å². The number of aliphatic hydroxyl groups is 1. The molecule has 2 heterocycles. The van der Waals surface area contributed by atoms with Crippen LogP contribution in [0.1, 0.15) is 42.4 Å². The molecule has 1 amide bonds. The Balaban J connectivity index is 1.38. The zero-order valence-electron chi connectivity index (χ0n) is 23.2. The standard InChI is InChI=1S/C31H31Cl2NO7S2/c32-26-7-4-8-27(33)24(26)20-41-22-10-11-25-21(19-22)9-12-28-31(25,43(39,40)23-5-2-1-3-6-23)13-16-34(28)29(35)30(36)14-17-42(37,38)18-15-30/h1-8,10-11,19,28,36H,9,12-18,20H2/t28-,31-/m1/s1. The Morgan fingerprint density at radius 2 is 1.65 bits per heavy atom. The minimum atomic E-state index is -4.04. The van der Waals surface area contributed by atoms with Gasteiger partial charge in [0, 0.05) is 22.2 Å². The third-order valence-electron chi connectivity index (χ3n) is 9.15. The van der Waals surface area contributed by atoms with Crippen molar-refractivity contribution in [1.82, 2.24) is 4.90 Å². The van der Waals surface area contributed by atoms with E-state index >= 15 is 0 Å². The molecule has 2 aliphatic heterocycles. The molecule has 2 fully saturated rings. The van der Waals surface area contributed by atoms with Crippen molar-refractivity contribution in [2.24, 2.45) is 0 Å². The number of carbonyl (C=O) groups is 1. The third-order valence-corrected chi connectivity index (χ3v) is 14.1. The number of rotatable bonds is 6. The maximum atomic E-state index is 14.6. The van der Waals surface area contributed by atoms with Gasteiger partial charge in [-0.05, 0) is 79.6 Å². The third kappa shape index (κ3) is 5.15. The predicted molar refractivity (Wildman–Crippen MR) is 164 cm³/mol. The van der Waals surface area contributed by atoms with Crippen LogP contribution in [0.15, 0.2) is 71.6 Å². The van der Waals surface area contributed by atoms with E-state index in [9.17, 15) is 26.7 Å². The number of fused-ring (bicyclic) bond motifs is 3. The smallest absolute Gasteiger partial charge is 0.254 e. The molecule has 1 aliphatic carbocycles. The Kier molecular flexibility index (Phi) is 7.82. The highest BCUT2D eigenvalue weighted by Gasteiger charge is 2.62. The topological polar surface area (TPSA) is 118 Å². The van der Waals surface area contributed by atoms with E-state index in [1.54, 1.807) is 60.7 Å². The Labute approximate surface area is 261 Å². The van der Waals surface area contributed by atoms with E-state index in [1.807, 2.05) is 6.07 Å². The van der Waals surface area contributed by atoms with Crippen molar-refractivity contribution in [2.75, 3.05) is 18.1 Å². The predicted octanol–water partition coefficient (Wildman–Crippen LogP) is 4.73. The Morgan fingerprint density at radius 3 is 2.33 bits per heavy atom. The van der Waals surface area contributed by atoms with Crippen LogP contribution >= 0.6 is 23.2 Å². The molecule has 0 saturated carbocycles. The summed E-state index contributed by atoms with van der Waals surface area (Å²) in [5.74, 6) is -0.639. The number of benzene rings is 3. The van der Waals surface area contributed by atoms with Gasteiger partial charge in [0.25, 0.3) is 5.91 Å². The summed E-state index contributed by atoms with van der Waals surface area (Å²) >= 11 is 12.6. The van der Waals surface area contributed by atoms with Crippen molar-refractivity contribution >= 4 is 48.8 Å². The number of nitrogens with zero attached hydrogens (tertiary/aromatic N) is 1. The van der Waals surface area contributed by atoms with Crippen molar-refractivity contribution in [3.05, 3.63) is 93.5 Å². The van der Waals surface area contributed by atoms with Crippen LogP contribution in [0.2, 0.25) is 10.0 Å². The number of sulfone groups is 2. The number of amides is 1. The first-order chi connectivity index (χ1) is 20.4. The van der Waals surface area contributed by atoms with Crippen molar-refractivity contribution in [1.29, 1.82) is 0 Å². The zero-order chi connectivity index (χ0) is 30.6. The van der Waals surface area contributed by atoms with Gasteiger partial charge < -0.3 is 14.7 Å². The largest absolute Gasteiger partial charge is 0.489 e. The number of halogens is 2. The van der Waals surface area contributed by atoms with E-state index in [2.05, 4.69) is 0 Å². The first kappa shape index (κ1) is 30.4. The zero-order valence-corrected chi connectivity index (χ0v) is 26.4. The molecule has 6 rings (SSSR count). The molecule has 12 heteroatoms. The Morgan fingerprint density at radius 1 is 0.977 bits per heavy atom. The van der Waals surface area contributed by atoms with Crippen molar-refractivity contribution in [3.63, 3.8) is 0 Å². The average Bonchev–Trinajstić information content (AvgIpc) is 3.40. The van der Waals surface area contributed by atoms with Gasteiger partial charge >= 0.3 is 0 Å². The summed E-state index contributed by atoms with van der Waals surface area (Å²) in [6.45, 7) is 0.247. The molecule has 0 radical (unpaired) electrons. The molecule has 8 nitrogen and oxygen atoms in total. The second kappa shape index (κ2) is 11.1. The number of hydrogen-bond donors (Lipinski definition) is 1. The van der Waals surface area contributed by atoms with E-state index in [0.29, 0.717) is 39.8 Å². The molecule has 0 aromatic heterocycles. The Hall–Kier alpha value is -2.63. The van der Waals surface area contributed by atoms with Gasteiger partial charge in [0.05, 0.1) is 22.4 Å². The molecule has 3 aromatic carbocycles. The number of aryl methyl sites for hydroxylation is 1. The van der Waals surface area contributed by atoms with Crippen LogP contribution in [0.5, 0.6) is 5.75 Å². The van der Waals surface area contributed by atoms with Crippen molar-refractivity contribution < 1.29 is 31.5 Å². The first-order valence-electron chi connectivity index (χ1n) is 14.1. The van der Waals surface area contributed by atoms with Gasteiger partial charge in [0.15, 0.2) is 19.7 Å². The molecule has 3 aromatic rings. The van der Waals surface area contributed by atoms with Crippen LogP contribution in [-0.2, 0) is 42.2 Å². The fourth-order valence-electron chi connectivity index (χ4n) is 6.83. The number of carbonyl (C=O) groups excluding carboxylic acids is 1.